The second kappa shape index (κ2) is 4.08. The van der Waals surface area contributed by atoms with E-state index in [0.29, 0.717) is 12.8 Å². The molecule has 1 aliphatic carbocycles. The number of aliphatic carboxylic acids is 1. The maximum atomic E-state index is 11.7. The Morgan fingerprint density at radius 3 is 2.47 bits per heavy atom. The smallest absolute Gasteiger partial charge is 0.311 e. The van der Waals surface area contributed by atoms with Gasteiger partial charge in [0.15, 0.2) is 0 Å². The van der Waals surface area contributed by atoms with Gasteiger partial charge >= 0.3 is 5.97 Å². The highest BCUT2D eigenvalue weighted by Crippen LogP contribution is 2.45. The average molecular weight is 235 g/mol. The summed E-state index contributed by atoms with van der Waals surface area (Å²) in [6.07, 6.45) is 1.17. The fourth-order valence-corrected chi connectivity index (χ4v) is 1.63. The average Bonchev–Trinajstić information content (AvgIpc) is 3.07. The van der Waals surface area contributed by atoms with E-state index in [1.54, 1.807) is 12.1 Å². The summed E-state index contributed by atoms with van der Waals surface area (Å²) < 4.78 is 0. The van der Waals surface area contributed by atoms with Crippen molar-refractivity contribution in [3.63, 3.8) is 0 Å². The fourth-order valence-electron chi connectivity index (χ4n) is 1.63. The van der Waals surface area contributed by atoms with E-state index >= 15 is 0 Å². The van der Waals surface area contributed by atoms with Crippen molar-refractivity contribution in [1.29, 1.82) is 0 Å². The lowest BCUT2D eigenvalue weighted by Crippen LogP contribution is -2.34. The molecule has 0 radical (unpaired) electrons. The van der Waals surface area contributed by atoms with Crippen LogP contribution in [0.1, 0.15) is 23.2 Å². The van der Waals surface area contributed by atoms with Gasteiger partial charge in [0.2, 0.25) is 0 Å². The van der Waals surface area contributed by atoms with Crippen LogP contribution in [0.25, 0.3) is 0 Å². The molecule has 1 saturated carbocycles. The molecule has 1 fully saturated rings. The minimum atomic E-state index is -0.880. The van der Waals surface area contributed by atoms with E-state index in [-0.39, 0.29) is 17.9 Å². The predicted molar refractivity (Wildman–Crippen MR) is 59.7 cm³/mol. The summed E-state index contributed by atoms with van der Waals surface area (Å²) in [5, 5.41) is 20.9. The van der Waals surface area contributed by atoms with E-state index in [2.05, 4.69) is 5.32 Å². The van der Waals surface area contributed by atoms with Crippen LogP contribution < -0.4 is 5.32 Å². The van der Waals surface area contributed by atoms with Crippen molar-refractivity contribution in [3.05, 3.63) is 29.8 Å². The largest absolute Gasteiger partial charge is 0.507 e. The van der Waals surface area contributed by atoms with Gasteiger partial charge in [-0.15, -0.1) is 0 Å². The highest BCUT2D eigenvalue weighted by atomic mass is 16.4. The first-order valence-electron chi connectivity index (χ1n) is 5.35. The van der Waals surface area contributed by atoms with E-state index in [4.69, 9.17) is 5.11 Å². The zero-order valence-electron chi connectivity index (χ0n) is 9.14. The Labute approximate surface area is 98.1 Å². The van der Waals surface area contributed by atoms with Crippen LogP contribution in [0.2, 0.25) is 0 Å². The van der Waals surface area contributed by atoms with E-state index in [1.807, 2.05) is 0 Å². The lowest BCUT2D eigenvalue weighted by Gasteiger charge is -2.11. The van der Waals surface area contributed by atoms with Crippen molar-refractivity contribution >= 4 is 11.9 Å². The molecule has 0 saturated heterocycles. The first-order chi connectivity index (χ1) is 8.05. The Hall–Kier alpha value is -2.04. The molecule has 17 heavy (non-hydrogen) atoms. The Bertz CT molecular complexity index is 465. The molecule has 0 atom stereocenters. The number of amides is 1. The number of aromatic hydroxyl groups is 1. The van der Waals surface area contributed by atoms with E-state index in [9.17, 15) is 14.7 Å². The van der Waals surface area contributed by atoms with Gasteiger partial charge in [-0.25, -0.2) is 0 Å². The molecule has 5 nitrogen and oxygen atoms in total. The number of phenolic OH excluding ortho intramolecular Hbond substituents is 1. The number of hydrogen-bond donors (Lipinski definition) is 3. The van der Waals surface area contributed by atoms with Crippen molar-refractivity contribution in [2.45, 2.75) is 12.8 Å². The monoisotopic (exact) mass is 235 g/mol. The molecule has 1 aliphatic rings. The molecular formula is C12H13NO4. The number of rotatable bonds is 4. The summed E-state index contributed by atoms with van der Waals surface area (Å²) in [4.78, 5) is 22.6. The maximum absolute atomic E-state index is 11.7. The third-order valence-electron chi connectivity index (χ3n) is 3.04. The first-order valence-corrected chi connectivity index (χ1v) is 5.35. The minimum absolute atomic E-state index is 0.106. The summed E-state index contributed by atoms with van der Waals surface area (Å²) in [5.74, 6) is -1.43. The fraction of sp³-hybridized carbons (Fsp3) is 0.333. The molecule has 3 N–H and O–H groups in total. The number of hydrogen-bond acceptors (Lipinski definition) is 3. The standard InChI is InChI=1S/C12H13NO4/c14-9-4-2-1-3-8(9)10(15)13-7-12(5-6-12)11(16)17/h1-4,14H,5-7H2,(H,13,15)(H,16,17). The Morgan fingerprint density at radius 2 is 1.94 bits per heavy atom. The van der Waals surface area contributed by atoms with Gasteiger partial charge in [-0.2, -0.15) is 0 Å². The number of benzene rings is 1. The summed E-state index contributed by atoms with van der Waals surface area (Å²) >= 11 is 0. The molecule has 0 aromatic heterocycles. The van der Waals surface area contributed by atoms with Crippen LogP contribution in [0.15, 0.2) is 24.3 Å². The highest BCUT2D eigenvalue weighted by molar-refractivity contribution is 5.97. The lowest BCUT2D eigenvalue weighted by molar-refractivity contribution is -0.143. The third-order valence-corrected chi connectivity index (χ3v) is 3.04. The van der Waals surface area contributed by atoms with Crippen molar-refractivity contribution in [3.8, 4) is 5.75 Å². The topological polar surface area (TPSA) is 86.6 Å². The van der Waals surface area contributed by atoms with Crippen molar-refractivity contribution in [2.24, 2.45) is 5.41 Å². The van der Waals surface area contributed by atoms with Crippen LogP contribution in [0.3, 0.4) is 0 Å². The number of carboxylic acid groups (broad SMARTS) is 1. The Morgan fingerprint density at radius 1 is 1.29 bits per heavy atom. The number of nitrogens with one attached hydrogen (secondary N) is 1. The Balaban J connectivity index is 1.99. The quantitative estimate of drug-likeness (QED) is 0.726. The molecule has 0 spiro atoms. The summed E-state index contributed by atoms with van der Waals surface area (Å²) in [7, 11) is 0. The Kier molecular flexibility index (Phi) is 2.75. The SMILES string of the molecule is O=C(NCC1(C(=O)O)CC1)c1ccccc1O. The molecule has 0 bridgehead atoms. The van der Waals surface area contributed by atoms with Crippen LogP contribution in [-0.2, 0) is 4.79 Å². The second-order valence-electron chi connectivity index (χ2n) is 4.29. The molecule has 1 aromatic carbocycles. The number of phenols is 1. The zero-order valence-corrected chi connectivity index (χ0v) is 9.14. The molecule has 0 aliphatic heterocycles. The first kappa shape index (κ1) is 11.4. The van der Waals surface area contributed by atoms with E-state index in [0.717, 1.165) is 0 Å². The van der Waals surface area contributed by atoms with E-state index in [1.165, 1.54) is 12.1 Å². The van der Waals surface area contributed by atoms with Crippen LogP contribution in [0, 0.1) is 5.41 Å². The predicted octanol–water partition coefficient (Wildman–Crippen LogP) is 0.987. The molecule has 90 valence electrons. The third kappa shape index (κ3) is 2.22. The van der Waals surface area contributed by atoms with Gasteiger partial charge in [0.1, 0.15) is 5.75 Å². The highest BCUT2D eigenvalue weighted by Gasteiger charge is 2.50. The molecule has 0 unspecified atom stereocenters. The van der Waals surface area contributed by atoms with Crippen LogP contribution in [0.5, 0.6) is 5.75 Å². The molecular weight excluding hydrogens is 222 g/mol. The number of carbonyl (C=O) groups excluding carboxylic acids is 1. The van der Waals surface area contributed by atoms with Gasteiger partial charge < -0.3 is 15.5 Å². The van der Waals surface area contributed by atoms with Crippen LogP contribution >= 0.6 is 0 Å². The van der Waals surface area contributed by atoms with Gasteiger partial charge in [-0.1, -0.05) is 12.1 Å². The molecule has 5 heteroatoms. The van der Waals surface area contributed by atoms with Gasteiger partial charge in [-0.3, -0.25) is 9.59 Å². The summed E-state index contributed by atoms with van der Waals surface area (Å²) in [5.41, 5.74) is -0.631. The number of para-hydroxylation sites is 1. The van der Waals surface area contributed by atoms with Crippen molar-refractivity contribution < 1.29 is 19.8 Å². The van der Waals surface area contributed by atoms with Gasteiger partial charge in [0.05, 0.1) is 11.0 Å². The van der Waals surface area contributed by atoms with Crippen molar-refractivity contribution in [2.75, 3.05) is 6.54 Å². The summed E-state index contributed by atoms with van der Waals surface area (Å²) in [6.45, 7) is 0.107. The van der Waals surface area contributed by atoms with Gasteiger partial charge in [0.25, 0.3) is 5.91 Å². The van der Waals surface area contributed by atoms with E-state index < -0.39 is 17.3 Å². The normalized spacial score (nSPS) is 16.2. The molecule has 2 rings (SSSR count). The number of carbonyl (C=O) groups is 2. The zero-order chi connectivity index (χ0) is 12.5. The second-order valence-corrected chi connectivity index (χ2v) is 4.29. The molecule has 1 amide bonds. The van der Waals surface area contributed by atoms with Crippen LogP contribution in [-0.4, -0.2) is 28.6 Å². The van der Waals surface area contributed by atoms with Gasteiger partial charge in [0, 0.05) is 6.54 Å². The lowest BCUT2D eigenvalue weighted by atomic mass is 10.1. The van der Waals surface area contributed by atoms with Crippen molar-refractivity contribution in [1.82, 2.24) is 5.32 Å². The minimum Gasteiger partial charge on any atom is -0.507 e. The molecule has 1 aromatic rings. The molecule has 0 heterocycles. The van der Waals surface area contributed by atoms with Gasteiger partial charge in [-0.05, 0) is 25.0 Å². The maximum Gasteiger partial charge on any atom is 0.311 e. The van der Waals surface area contributed by atoms with Crippen LogP contribution in [0.4, 0.5) is 0 Å². The number of carboxylic acids is 1. The summed E-state index contributed by atoms with van der Waals surface area (Å²) in [6, 6.07) is 6.16.